The van der Waals surface area contributed by atoms with Gasteiger partial charge in [-0.15, -0.1) is 0 Å². The molecular formula is C17H14ClF3N2O2. The quantitative estimate of drug-likeness (QED) is 0.825. The fourth-order valence-corrected chi connectivity index (χ4v) is 2.32. The van der Waals surface area contributed by atoms with Crippen molar-refractivity contribution in [3.8, 4) is 0 Å². The van der Waals surface area contributed by atoms with Crippen LogP contribution in [0.4, 0.5) is 24.5 Å². The van der Waals surface area contributed by atoms with E-state index in [2.05, 4.69) is 5.32 Å². The van der Waals surface area contributed by atoms with Gasteiger partial charge in [-0.1, -0.05) is 17.7 Å². The number of benzene rings is 2. The largest absolute Gasteiger partial charge is 0.324 e. The average molecular weight is 371 g/mol. The minimum Gasteiger partial charge on any atom is -0.324 e. The van der Waals surface area contributed by atoms with Crippen LogP contribution < -0.4 is 10.2 Å². The van der Waals surface area contributed by atoms with Crippen molar-refractivity contribution >= 4 is 34.8 Å². The zero-order valence-corrected chi connectivity index (χ0v) is 14.1. The summed E-state index contributed by atoms with van der Waals surface area (Å²) in [5, 5.41) is 2.94. The summed E-state index contributed by atoms with van der Waals surface area (Å²) in [5.74, 6) is -5.99. The van der Waals surface area contributed by atoms with Gasteiger partial charge in [0.1, 0.15) is 6.54 Å². The number of halogens is 4. The molecule has 2 rings (SSSR count). The molecule has 0 saturated carbocycles. The van der Waals surface area contributed by atoms with Gasteiger partial charge < -0.3 is 10.2 Å². The van der Waals surface area contributed by atoms with Crippen LogP contribution in [0.25, 0.3) is 0 Å². The first-order valence-electron chi connectivity index (χ1n) is 7.18. The summed E-state index contributed by atoms with van der Waals surface area (Å²) in [6, 6.07) is 6.43. The summed E-state index contributed by atoms with van der Waals surface area (Å²) in [6.45, 7) is 2.24. The van der Waals surface area contributed by atoms with Crippen molar-refractivity contribution in [2.75, 3.05) is 16.8 Å². The predicted molar refractivity (Wildman–Crippen MR) is 89.2 cm³/mol. The summed E-state index contributed by atoms with van der Waals surface area (Å²) < 4.78 is 40.3. The third-order valence-corrected chi connectivity index (χ3v) is 3.70. The van der Waals surface area contributed by atoms with Crippen molar-refractivity contribution in [3.05, 3.63) is 58.4 Å². The zero-order valence-electron chi connectivity index (χ0n) is 13.4. The lowest BCUT2D eigenvalue weighted by atomic mass is 10.2. The molecule has 0 aliphatic carbocycles. The van der Waals surface area contributed by atoms with E-state index in [0.717, 1.165) is 18.6 Å². The van der Waals surface area contributed by atoms with E-state index in [4.69, 9.17) is 11.6 Å². The van der Waals surface area contributed by atoms with Gasteiger partial charge >= 0.3 is 0 Å². The molecule has 0 aliphatic rings. The number of nitrogens with zero attached hydrogens (tertiary/aromatic N) is 1. The fraction of sp³-hybridized carbons (Fsp3) is 0.176. The smallest absolute Gasteiger partial charge is 0.244 e. The molecule has 2 amide bonds. The van der Waals surface area contributed by atoms with Gasteiger partial charge in [-0.2, -0.15) is 0 Å². The molecule has 0 bridgehead atoms. The molecule has 0 heterocycles. The van der Waals surface area contributed by atoms with Gasteiger partial charge in [0.15, 0.2) is 17.5 Å². The first kappa shape index (κ1) is 18.8. The normalized spacial score (nSPS) is 10.5. The highest BCUT2D eigenvalue weighted by atomic mass is 35.5. The number of hydrogen-bond donors (Lipinski definition) is 1. The molecule has 1 N–H and O–H groups in total. The third-order valence-electron chi connectivity index (χ3n) is 3.46. The van der Waals surface area contributed by atoms with Crippen LogP contribution in [0.5, 0.6) is 0 Å². The topological polar surface area (TPSA) is 49.4 Å². The van der Waals surface area contributed by atoms with Crippen LogP contribution in [0.1, 0.15) is 12.5 Å². The number of carbonyl (C=O) groups is 2. The zero-order chi connectivity index (χ0) is 18.7. The highest BCUT2D eigenvalue weighted by Gasteiger charge is 2.23. The predicted octanol–water partition coefficient (Wildman–Crippen LogP) is 4.06. The Hall–Kier alpha value is -2.54. The van der Waals surface area contributed by atoms with Gasteiger partial charge in [-0.3, -0.25) is 9.59 Å². The summed E-state index contributed by atoms with van der Waals surface area (Å²) in [6.07, 6.45) is 0. The van der Waals surface area contributed by atoms with E-state index in [0.29, 0.717) is 21.7 Å². The second-order valence-corrected chi connectivity index (χ2v) is 5.74. The maximum atomic E-state index is 13.9. The van der Waals surface area contributed by atoms with Crippen molar-refractivity contribution < 1.29 is 22.8 Å². The molecule has 132 valence electrons. The molecule has 4 nitrogen and oxygen atoms in total. The van der Waals surface area contributed by atoms with Crippen LogP contribution in [-0.4, -0.2) is 18.4 Å². The summed E-state index contributed by atoms with van der Waals surface area (Å²) in [5.41, 5.74) is 0.627. The highest BCUT2D eigenvalue weighted by molar-refractivity contribution is 6.31. The maximum absolute atomic E-state index is 13.9. The van der Waals surface area contributed by atoms with E-state index in [1.807, 2.05) is 0 Å². The fourth-order valence-electron chi connectivity index (χ4n) is 2.15. The molecule has 0 atom stereocenters. The van der Waals surface area contributed by atoms with Gasteiger partial charge in [0.2, 0.25) is 11.8 Å². The van der Waals surface area contributed by atoms with Crippen molar-refractivity contribution in [1.82, 2.24) is 0 Å². The number of hydrogen-bond acceptors (Lipinski definition) is 2. The lowest BCUT2D eigenvalue weighted by Crippen LogP contribution is -2.37. The average Bonchev–Trinajstić information content (AvgIpc) is 2.54. The van der Waals surface area contributed by atoms with E-state index >= 15 is 0 Å². The van der Waals surface area contributed by atoms with Gasteiger partial charge in [-0.25, -0.2) is 13.2 Å². The Kier molecular flexibility index (Phi) is 5.69. The Balaban J connectivity index is 2.25. The van der Waals surface area contributed by atoms with Crippen molar-refractivity contribution in [3.63, 3.8) is 0 Å². The second kappa shape index (κ2) is 7.57. The first-order valence-corrected chi connectivity index (χ1v) is 7.56. The van der Waals surface area contributed by atoms with Crippen LogP contribution in [-0.2, 0) is 9.59 Å². The number of rotatable bonds is 4. The van der Waals surface area contributed by atoms with Gasteiger partial charge in [0.25, 0.3) is 0 Å². The minimum atomic E-state index is -1.71. The molecule has 2 aromatic rings. The number of amides is 2. The van der Waals surface area contributed by atoms with Crippen molar-refractivity contribution in [2.24, 2.45) is 0 Å². The van der Waals surface area contributed by atoms with Crippen LogP contribution >= 0.6 is 11.6 Å². The summed E-state index contributed by atoms with van der Waals surface area (Å²) in [4.78, 5) is 24.6. The number of nitrogens with one attached hydrogen (secondary N) is 1. The number of anilines is 2. The summed E-state index contributed by atoms with van der Waals surface area (Å²) >= 11 is 5.86. The Labute approximate surface area is 147 Å². The molecule has 0 unspecified atom stereocenters. The second-order valence-electron chi connectivity index (χ2n) is 5.31. The SMILES string of the molecule is CC(=O)N(CC(=O)Nc1cc(Cl)ccc1C)c1ccc(F)c(F)c1F. The lowest BCUT2D eigenvalue weighted by molar-refractivity contribution is -0.120. The summed E-state index contributed by atoms with van der Waals surface area (Å²) in [7, 11) is 0. The Morgan fingerprint density at radius 1 is 1.12 bits per heavy atom. The lowest BCUT2D eigenvalue weighted by Gasteiger charge is -2.21. The molecule has 2 aromatic carbocycles. The highest BCUT2D eigenvalue weighted by Crippen LogP contribution is 2.24. The molecular weight excluding hydrogens is 357 g/mol. The van der Waals surface area contributed by atoms with E-state index in [1.54, 1.807) is 19.1 Å². The molecule has 25 heavy (non-hydrogen) atoms. The Bertz CT molecular complexity index is 843. The molecule has 0 aliphatic heterocycles. The van der Waals surface area contributed by atoms with E-state index < -0.39 is 41.5 Å². The van der Waals surface area contributed by atoms with E-state index in [-0.39, 0.29) is 0 Å². The first-order chi connectivity index (χ1) is 11.7. The molecule has 0 spiro atoms. The molecule has 0 fully saturated rings. The van der Waals surface area contributed by atoms with Crippen LogP contribution in [0.15, 0.2) is 30.3 Å². The van der Waals surface area contributed by atoms with Crippen LogP contribution in [0.2, 0.25) is 5.02 Å². The standard InChI is InChI=1S/C17H14ClF3N2O2/c1-9-3-4-11(18)7-13(9)22-15(25)8-23(10(2)24)14-6-5-12(19)16(20)17(14)21/h3-7H,8H2,1-2H3,(H,22,25). The van der Waals surface area contributed by atoms with Gasteiger partial charge in [0, 0.05) is 17.6 Å². The Morgan fingerprint density at radius 2 is 1.80 bits per heavy atom. The van der Waals surface area contributed by atoms with Gasteiger partial charge in [-0.05, 0) is 36.8 Å². The van der Waals surface area contributed by atoms with Crippen LogP contribution in [0, 0.1) is 24.4 Å². The Morgan fingerprint density at radius 3 is 2.44 bits per heavy atom. The number of carbonyl (C=O) groups excluding carboxylic acids is 2. The van der Waals surface area contributed by atoms with Crippen molar-refractivity contribution in [1.29, 1.82) is 0 Å². The minimum absolute atomic E-state index is 0.399. The van der Waals surface area contributed by atoms with Gasteiger partial charge in [0.05, 0.1) is 5.69 Å². The molecule has 0 aromatic heterocycles. The maximum Gasteiger partial charge on any atom is 0.244 e. The van der Waals surface area contributed by atoms with Crippen LogP contribution in [0.3, 0.4) is 0 Å². The number of aryl methyl sites for hydroxylation is 1. The van der Waals surface area contributed by atoms with E-state index in [9.17, 15) is 22.8 Å². The third kappa shape index (κ3) is 4.30. The van der Waals surface area contributed by atoms with E-state index in [1.165, 1.54) is 6.07 Å². The molecule has 0 saturated heterocycles. The molecule has 8 heteroatoms. The monoisotopic (exact) mass is 370 g/mol. The van der Waals surface area contributed by atoms with Crippen molar-refractivity contribution in [2.45, 2.75) is 13.8 Å². The molecule has 0 radical (unpaired) electrons.